The van der Waals surface area contributed by atoms with Gasteiger partial charge in [-0.3, -0.25) is 15.1 Å². The van der Waals surface area contributed by atoms with E-state index in [0.717, 1.165) is 68.1 Å². The molecule has 0 saturated heterocycles. The summed E-state index contributed by atoms with van der Waals surface area (Å²) in [7, 11) is 0. The summed E-state index contributed by atoms with van der Waals surface area (Å²) >= 11 is 0. The molecule has 0 amide bonds. The van der Waals surface area contributed by atoms with Crippen LogP contribution >= 0.6 is 0 Å². The molecule has 0 aliphatic rings. The molecule has 0 fully saturated rings. The van der Waals surface area contributed by atoms with Gasteiger partial charge in [-0.2, -0.15) is 5.10 Å². The summed E-state index contributed by atoms with van der Waals surface area (Å²) in [5, 5.41) is 11.9. The molecule has 3 N–H and O–H groups in total. The maximum Gasteiger partial charge on any atom is 0.181 e. The monoisotopic (exact) mass is 501 g/mol. The number of anilines is 1. The van der Waals surface area contributed by atoms with Gasteiger partial charge in [0.2, 0.25) is 0 Å². The molecule has 7 heteroatoms. The van der Waals surface area contributed by atoms with E-state index in [9.17, 15) is 0 Å². The minimum Gasteiger partial charge on any atom is -0.358 e. The Balaban J connectivity index is 1.51. The van der Waals surface area contributed by atoms with Gasteiger partial charge in [0, 0.05) is 58.3 Å². The van der Waals surface area contributed by atoms with Crippen molar-refractivity contribution in [3.8, 4) is 22.5 Å². The number of pyridine rings is 3. The third-order valence-electron chi connectivity index (χ3n) is 6.31. The van der Waals surface area contributed by atoms with Crippen LogP contribution in [0.1, 0.15) is 37.1 Å². The van der Waals surface area contributed by atoms with Crippen molar-refractivity contribution in [1.82, 2.24) is 30.1 Å². The molecule has 5 heterocycles. The quantitative estimate of drug-likeness (QED) is 0.184. The zero-order chi connectivity index (χ0) is 26.6. The third-order valence-corrected chi connectivity index (χ3v) is 6.31. The number of rotatable bonds is 9. The Morgan fingerprint density at radius 2 is 1.84 bits per heavy atom. The van der Waals surface area contributed by atoms with Gasteiger partial charge in [0.05, 0.1) is 23.3 Å². The van der Waals surface area contributed by atoms with Crippen LogP contribution in [0.3, 0.4) is 0 Å². The van der Waals surface area contributed by atoms with E-state index < -0.39 is 0 Å². The predicted octanol–water partition coefficient (Wildman–Crippen LogP) is 7.31. The molecule has 0 radical (unpaired) electrons. The zero-order valence-electron chi connectivity index (χ0n) is 21.9. The van der Waals surface area contributed by atoms with Gasteiger partial charge in [0.25, 0.3) is 0 Å². The molecular formula is C31H31N7. The van der Waals surface area contributed by atoms with E-state index >= 15 is 0 Å². The normalized spacial score (nSPS) is 11.7. The topological polar surface area (TPSA) is 95.2 Å². The summed E-state index contributed by atoms with van der Waals surface area (Å²) in [6, 6.07) is 10.3. The van der Waals surface area contributed by atoms with Gasteiger partial charge in [-0.25, -0.2) is 4.98 Å². The number of aromatic amines is 2. The summed E-state index contributed by atoms with van der Waals surface area (Å²) in [6.45, 7) is 14.5. The van der Waals surface area contributed by atoms with E-state index in [1.807, 2.05) is 36.8 Å². The van der Waals surface area contributed by atoms with Gasteiger partial charge in [-0.15, -0.1) is 0 Å². The van der Waals surface area contributed by atoms with Gasteiger partial charge in [-0.1, -0.05) is 39.2 Å². The van der Waals surface area contributed by atoms with E-state index in [1.54, 1.807) is 18.5 Å². The summed E-state index contributed by atoms with van der Waals surface area (Å²) in [4.78, 5) is 16.7. The molecule has 0 bridgehead atoms. The lowest BCUT2D eigenvalue weighted by Gasteiger charge is -2.12. The van der Waals surface area contributed by atoms with Crippen molar-refractivity contribution in [3.63, 3.8) is 0 Å². The molecule has 0 saturated carbocycles. The van der Waals surface area contributed by atoms with Crippen LogP contribution in [0.2, 0.25) is 0 Å². The fourth-order valence-electron chi connectivity index (χ4n) is 4.64. The van der Waals surface area contributed by atoms with Crippen molar-refractivity contribution in [2.45, 2.75) is 27.2 Å². The fourth-order valence-corrected chi connectivity index (χ4v) is 4.64. The number of hydrogen-bond acceptors (Lipinski definition) is 5. The van der Waals surface area contributed by atoms with E-state index in [2.05, 4.69) is 87.6 Å². The average molecular weight is 502 g/mol. The molecule has 5 aromatic rings. The molecule has 0 spiro atoms. The van der Waals surface area contributed by atoms with Crippen molar-refractivity contribution in [2.75, 3.05) is 5.32 Å². The third kappa shape index (κ3) is 5.18. The average Bonchev–Trinajstić information content (AvgIpc) is 3.50. The van der Waals surface area contributed by atoms with Crippen LogP contribution in [0, 0.1) is 12.8 Å². The van der Waals surface area contributed by atoms with Crippen LogP contribution in [0.25, 0.3) is 39.1 Å². The SMILES string of the molecule is C=C/C=C(/c1ccncc1)c1cc(-c2[nH]nc3ncc(-c4cncc(NC(=C)CC(C)C)c4)cc23)[nH]c1C. The highest BCUT2D eigenvalue weighted by molar-refractivity contribution is 5.94. The molecule has 0 aliphatic heterocycles. The van der Waals surface area contributed by atoms with Crippen LogP contribution in [0.4, 0.5) is 5.69 Å². The van der Waals surface area contributed by atoms with E-state index in [0.29, 0.717) is 11.6 Å². The first-order chi connectivity index (χ1) is 18.4. The Morgan fingerprint density at radius 3 is 2.61 bits per heavy atom. The van der Waals surface area contributed by atoms with Crippen molar-refractivity contribution in [3.05, 3.63) is 109 Å². The first kappa shape index (κ1) is 24.9. The Bertz CT molecular complexity index is 1640. The van der Waals surface area contributed by atoms with Crippen molar-refractivity contribution in [1.29, 1.82) is 0 Å². The number of allylic oxidation sites excluding steroid dienone is 3. The predicted molar refractivity (Wildman–Crippen MR) is 155 cm³/mol. The van der Waals surface area contributed by atoms with Crippen LogP contribution in [-0.4, -0.2) is 30.1 Å². The minimum atomic E-state index is 0.530. The standard InChI is InChI=1S/C31H31N7/c1-6-7-26(22-8-10-32-11-9-22)27-15-29(36-21(27)5)30-28-14-24(17-34-31(28)38-37-30)23-13-25(18-33-16-23)35-20(4)12-19(2)3/h6-11,13-19,35-36H,1,4,12H2,2-3,5H3,(H,34,37,38)/b26-7-. The van der Waals surface area contributed by atoms with Crippen molar-refractivity contribution in [2.24, 2.45) is 5.92 Å². The van der Waals surface area contributed by atoms with Crippen molar-refractivity contribution < 1.29 is 0 Å². The van der Waals surface area contributed by atoms with Crippen LogP contribution in [0.5, 0.6) is 0 Å². The molecule has 38 heavy (non-hydrogen) atoms. The maximum atomic E-state index is 4.62. The molecule has 5 rings (SSSR count). The van der Waals surface area contributed by atoms with Gasteiger partial charge in [-0.05, 0) is 60.7 Å². The summed E-state index contributed by atoms with van der Waals surface area (Å²) in [5.41, 5.74) is 10.5. The van der Waals surface area contributed by atoms with E-state index in [4.69, 9.17) is 0 Å². The lowest BCUT2D eigenvalue weighted by Crippen LogP contribution is -2.02. The highest BCUT2D eigenvalue weighted by Crippen LogP contribution is 2.34. The second-order valence-electron chi connectivity index (χ2n) is 9.76. The molecule has 0 aliphatic carbocycles. The van der Waals surface area contributed by atoms with Crippen LogP contribution in [-0.2, 0) is 0 Å². The van der Waals surface area contributed by atoms with Crippen LogP contribution in [0.15, 0.2) is 92.3 Å². The summed E-state index contributed by atoms with van der Waals surface area (Å²) in [5.74, 6) is 0.530. The Kier molecular flexibility index (Phi) is 7.00. The second-order valence-corrected chi connectivity index (χ2v) is 9.76. The van der Waals surface area contributed by atoms with Gasteiger partial charge in [0.15, 0.2) is 5.65 Å². The maximum absolute atomic E-state index is 4.62. The molecular weight excluding hydrogens is 470 g/mol. The number of hydrogen-bond donors (Lipinski definition) is 3. The molecule has 5 aromatic heterocycles. The second kappa shape index (κ2) is 10.7. The lowest BCUT2D eigenvalue weighted by molar-refractivity contribution is 0.645. The van der Waals surface area contributed by atoms with E-state index in [1.165, 1.54) is 0 Å². The first-order valence-electron chi connectivity index (χ1n) is 12.6. The number of aryl methyl sites for hydroxylation is 1. The van der Waals surface area contributed by atoms with Crippen LogP contribution < -0.4 is 5.32 Å². The molecule has 7 nitrogen and oxygen atoms in total. The number of fused-ring (bicyclic) bond motifs is 1. The number of nitrogens with zero attached hydrogens (tertiary/aromatic N) is 4. The Morgan fingerprint density at radius 1 is 1.05 bits per heavy atom. The Hall–Kier alpha value is -4.78. The molecule has 0 unspecified atom stereocenters. The van der Waals surface area contributed by atoms with Crippen molar-refractivity contribution >= 4 is 22.3 Å². The number of H-pyrrole nitrogens is 2. The van der Waals surface area contributed by atoms with Gasteiger partial charge >= 0.3 is 0 Å². The smallest absolute Gasteiger partial charge is 0.181 e. The first-order valence-corrected chi connectivity index (χ1v) is 12.6. The highest BCUT2D eigenvalue weighted by Gasteiger charge is 2.17. The van der Waals surface area contributed by atoms with E-state index in [-0.39, 0.29) is 0 Å². The number of nitrogens with one attached hydrogen (secondary N) is 3. The zero-order valence-corrected chi connectivity index (χ0v) is 21.9. The minimum absolute atomic E-state index is 0.530. The van der Waals surface area contributed by atoms with Gasteiger partial charge in [0.1, 0.15) is 0 Å². The molecule has 0 atom stereocenters. The fraction of sp³-hybridized carbons (Fsp3) is 0.161. The van der Waals surface area contributed by atoms with Gasteiger partial charge < -0.3 is 10.3 Å². The Labute approximate surface area is 222 Å². The summed E-state index contributed by atoms with van der Waals surface area (Å²) < 4.78 is 0. The largest absolute Gasteiger partial charge is 0.358 e. The molecule has 0 aromatic carbocycles. The lowest BCUT2D eigenvalue weighted by atomic mass is 9.98. The summed E-state index contributed by atoms with van der Waals surface area (Å²) in [6.07, 6.45) is 13.8. The number of aromatic nitrogens is 6. The highest BCUT2D eigenvalue weighted by atomic mass is 15.2. The molecule has 190 valence electrons.